The first kappa shape index (κ1) is 20.2. The van der Waals surface area contributed by atoms with Crippen molar-refractivity contribution in [3.05, 3.63) is 35.9 Å². The minimum atomic E-state index is -0.188. The van der Waals surface area contributed by atoms with Crippen LogP contribution in [0.3, 0.4) is 0 Å². The monoisotopic (exact) mass is 360 g/mol. The molecular weight excluding hydrogens is 328 g/mol. The molecule has 6 heteroatoms. The van der Waals surface area contributed by atoms with Gasteiger partial charge in [0.1, 0.15) is 0 Å². The van der Waals surface area contributed by atoms with Crippen LogP contribution in [0.4, 0.5) is 0 Å². The van der Waals surface area contributed by atoms with Crippen molar-refractivity contribution in [3.63, 3.8) is 0 Å². The number of hydrogen-bond donors (Lipinski definition) is 2. The fourth-order valence-corrected chi connectivity index (χ4v) is 3.23. The van der Waals surface area contributed by atoms with E-state index in [-0.39, 0.29) is 12.1 Å². The summed E-state index contributed by atoms with van der Waals surface area (Å²) in [6.07, 6.45) is 1.33. The van der Waals surface area contributed by atoms with Crippen LogP contribution in [-0.2, 0) is 16.1 Å². The van der Waals surface area contributed by atoms with Crippen molar-refractivity contribution in [1.29, 1.82) is 0 Å². The summed E-state index contributed by atoms with van der Waals surface area (Å²) in [5, 5.41) is 6.67. The molecule has 1 aliphatic rings. The van der Waals surface area contributed by atoms with Crippen molar-refractivity contribution in [2.45, 2.75) is 58.3 Å². The van der Waals surface area contributed by atoms with Gasteiger partial charge >= 0.3 is 5.97 Å². The van der Waals surface area contributed by atoms with Gasteiger partial charge in [0.25, 0.3) is 0 Å². The zero-order valence-electron chi connectivity index (χ0n) is 16.4. The molecule has 0 bridgehead atoms. The van der Waals surface area contributed by atoms with Crippen LogP contribution in [0, 0.1) is 0 Å². The van der Waals surface area contributed by atoms with Crippen molar-refractivity contribution in [2.24, 2.45) is 4.99 Å². The molecule has 26 heavy (non-hydrogen) atoms. The van der Waals surface area contributed by atoms with Gasteiger partial charge in [-0.2, -0.15) is 0 Å². The lowest BCUT2D eigenvalue weighted by atomic mass is 10.2. The number of ether oxygens (including phenoxy) is 1. The number of benzene rings is 1. The first-order valence-corrected chi connectivity index (χ1v) is 9.42. The second-order valence-electron chi connectivity index (χ2n) is 7.13. The maximum atomic E-state index is 11.6. The number of nitrogens with zero attached hydrogens (tertiary/aromatic N) is 2. The Bertz CT molecular complexity index is 589. The van der Waals surface area contributed by atoms with E-state index in [4.69, 9.17) is 4.74 Å². The number of esters is 1. The molecule has 2 N–H and O–H groups in total. The standard InChI is InChI=1S/C20H32N4O2/c1-15(2)26-19(25)10-11-22-20(21-4)23-18-12-16(3)24(14-18)13-17-8-6-5-7-9-17/h5-9,15-16,18H,10-14H2,1-4H3,(H2,21,22,23). The van der Waals surface area contributed by atoms with Gasteiger partial charge in [-0.3, -0.25) is 14.7 Å². The fourth-order valence-electron chi connectivity index (χ4n) is 3.23. The third-order valence-corrected chi connectivity index (χ3v) is 4.49. The van der Waals surface area contributed by atoms with Gasteiger partial charge in [0.2, 0.25) is 0 Å². The quantitative estimate of drug-likeness (QED) is 0.443. The summed E-state index contributed by atoms with van der Waals surface area (Å²) in [6.45, 7) is 8.44. The second-order valence-corrected chi connectivity index (χ2v) is 7.13. The van der Waals surface area contributed by atoms with Crippen LogP contribution in [0.25, 0.3) is 0 Å². The molecule has 1 saturated heterocycles. The first-order chi connectivity index (χ1) is 12.5. The smallest absolute Gasteiger partial charge is 0.307 e. The molecule has 6 nitrogen and oxygen atoms in total. The molecule has 1 aromatic rings. The Labute approximate surface area is 157 Å². The highest BCUT2D eigenvalue weighted by atomic mass is 16.5. The van der Waals surface area contributed by atoms with Gasteiger partial charge in [0, 0.05) is 38.8 Å². The molecule has 1 aromatic carbocycles. The number of carbonyl (C=O) groups excluding carboxylic acids is 1. The van der Waals surface area contributed by atoms with Gasteiger partial charge < -0.3 is 15.4 Å². The number of guanidine groups is 1. The Hall–Kier alpha value is -2.08. The summed E-state index contributed by atoms with van der Waals surface area (Å²) in [6, 6.07) is 11.4. The molecule has 1 fully saturated rings. The lowest BCUT2D eigenvalue weighted by molar-refractivity contribution is -0.147. The molecule has 0 aromatic heterocycles. The van der Waals surface area contributed by atoms with Crippen molar-refractivity contribution in [1.82, 2.24) is 15.5 Å². The molecule has 0 radical (unpaired) electrons. The van der Waals surface area contributed by atoms with Crippen LogP contribution < -0.4 is 10.6 Å². The summed E-state index contributed by atoms with van der Waals surface area (Å²) in [5.74, 6) is 0.549. The maximum absolute atomic E-state index is 11.6. The van der Waals surface area contributed by atoms with Crippen molar-refractivity contribution in [3.8, 4) is 0 Å². The average molecular weight is 361 g/mol. The average Bonchev–Trinajstić information content (AvgIpc) is 2.93. The molecule has 0 saturated carbocycles. The predicted octanol–water partition coefficient (Wildman–Crippen LogP) is 2.16. The molecule has 144 valence electrons. The topological polar surface area (TPSA) is 66.0 Å². The summed E-state index contributed by atoms with van der Waals surface area (Å²) in [5.41, 5.74) is 1.34. The van der Waals surface area contributed by atoms with Gasteiger partial charge in [-0.15, -0.1) is 0 Å². The maximum Gasteiger partial charge on any atom is 0.307 e. The number of nitrogens with one attached hydrogen (secondary N) is 2. The summed E-state index contributed by atoms with van der Waals surface area (Å²) in [4.78, 5) is 18.4. The Morgan fingerprint density at radius 3 is 2.73 bits per heavy atom. The molecule has 1 heterocycles. The Balaban J connectivity index is 1.75. The van der Waals surface area contributed by atoms with Gasteiger partial charge in [-0.1, -0.05) is 30.3 Å². The fraction of sp³-hybridized carbons (Fsp3) is 0.600. The summed E-state index contributed by atoms with van der Waals surface area (Å²) in [7, 11) is 1.75. The highest BCUT2D eigenvalue weighted by Crippen LogP contribution is 2.20. The van der Waals surface area contributed by atoms with E-state index < -0.39 is 0 Å². The van der Waals surface area contributed by atoms with Crippen LogP contribution in [0.15, 0.2) is 35.3 Å². The lowest BCUT2D eigenvalue weighted by Crippen LogP contribution is -2.45. The van der Waals surface area contributed by atoms with Gasteiger partial charge in [-0.25, -0.2) is 0 Å². The number of aliphatic imine (C=N–C) groups is 1. The van der Waals surface area contributed by atoms with Crippen molar-refractivity contribution >= 4 is 11.9 Å². The highest BCUT2D eigenvalue weighted by Gasteiger charge is 2.29. The van der Waals surface area contributed by atoms with E-state index in [0.717, 1.165) is 25.5 Å². The number of rotatable bonds is 7. The molecule has 0 amide bonds. The lowest BCUT2D eigenvalue weighted by Gasteiger charge is -2.21. The van der Waals surface area contributed by atoms with Gasteiger partial charge in [0.15, 0.2) is 5.96 Å². The van der Waals surface area contributed by atoms with Crippen LogP contribution in [0.1, 0.15) is 39.2 Å². The van der Waals surface area contributed by atoms with E-state index in [9.17, 15) is 4.79 Å². The molecular formula is C20H32N4O2. The van der Waals surface area contributed by atoms with E-state index in [1.165, 1.54) is 5.56 Å². The highest BCUT2D eigenvalue weighted by molar-refractivity contribution is 5.80. The number of carbonyl (C=O) groups is 1. The largest absolute Gasteiger partial charge is 0.463 e. The Morgan fingerprint density at radius 1 is 1.35 bits per heavy atom. The summed E-state index contributed by atoms with van der Waals surface area (Å²) >= 11 is 0. The van der Waals surface area contributed by atoms with E-state index in [1.54, 1.807) is 7.05 Å². The van der Waals surface area contributed by atoms with Gasteiger partial charge in [0.05, 0.1) is 12.5 Å². The third kappa shape index (κ3) is 6.67. The SMILES string of the molecule is CN=C(NCCC(=O)OC(C)C)NC1CC(C)N(Cc2ccccc2)C1. The molecule has 2 unspecified atom stereocenters. The third-order valence-electron chi connectivity index (χ3n) is 4.49. The number of likely N-dealkylation sites (tertiary alicyclic amines) is 1. The molecule has 2 rings (SSSR count). The van der Waals surface area contributed by atoms with Gasteiger partial charge in [-0.05, 0) is 32.8 Å². The van der Waals surface area contributed by atoms with E-state index >= 15 is 0 Å². The molecule has 2 atom stereocenters. The van der Waals surface area contributed by atoms with Crippen molar-refractivity contribution in [2.75, 3.05) is 20.1 Å². The van der Waals surface area contributed by atoms with E-state index in [2.05, 4.69) is 51.7 Å². The molecule has 1 aliphatic heterocycles. The van der Waals surface area contributed by atoms with Crippen LogP contribution in [0.2, 0.25) is 0 Å². The van der Waals surface area contributed by atoms with E-state index in [1.807, 2.05) is 19.9 Å². The van der Waals surface area contributed by atoms with Crippen LogP contribution >= 0.6 is 0 Å². The van der Waals surface area contributed by atoms with E-state index in [0.29, 0.717) is 25.0 Å². The predicted molar refractivity (Wildman–Crippen MR) is 105 cm³/mol. The van der Waals surface area contributed by atoms with Crippen molar-refractivity contribution < 1.29 is 9.53 Å². The van der Waals surface area contributed by atoms with Crippen LogP contribution in [-0.4, -0.2) is 55.2 Å². The molecule has 0 spiro atoms. The zero-order valence-corrected chi connectivity index (χ0v) is 16.4. The van der Waals surface area contributed by atoms with Crippen LogP contribution in [0.5, 0.6) is 0 Å². The molecule has 0 aliphatic carbocycles. The minimum absolute atomic E-state index is 0.0736. The summed E-state index contributed by atoms with van der Waals surface area (Å²) < 4.78 is 5.14. The number of hydrogen-bond acceptors (Lipinski definition) is 4. The Morgan fingerprint density at radius 2 is 2.08 bits per heavy atom. The minimum Gasteiger partial charge on any atom is -0.463 e. The first-order valence-electron chi connectivity index (χ1n) is 9.42. The normalized spacial score (nSPS) is 21.0. The Kier molecular flexibility index (Phi) is 7.91. The zero-order chi connectivity index (χ0) is 18.9. The second kappa shape index (κ2) is 10.2.